The Kier molecular flexibility index (Phi) is 4.56. The SMILES string of the molecule is CC(CNC(=O)c1cc2ccccc2s1)N1CCCCC1. The van der Waals surface area contributed by atoms with Gasteiger partial charge in [-0.25, -0.2) is 0 Å². The fourth-order valence-corrected chi connectivity index (χ4v) is 3.89. The van der Waals surface area contributed by atoms with Gasteiger partial charge < -0.3 is 5.32 Å². The summed E-state index contributed by atoms with van der Waals surface area (Å²) in [6.07, 6.45) is 3.92. The number of benzene rings is 1. The van der Waals surface area contributed by atoms with Crippen LogP contribution in [0.2, 0.25) is 0 Å². The average molecular weight is 302 g/mol. The van der Waals surface area contributed by atoms with Gasteiger partial charge in [-0.2, -0.15) is 0 Å². The molecule has 1 amide bonds. The van der Waals surface area contributed by atoms with E-state index in [2.05, 4.69) is 29.3 Å². The number of nitrogens with zero attached hydrogens (tertiary/aromatic N) is 1. The highest BCUT2D eigenvalue weighted by atomic mass is 32.1. The zero-order valence-electron chi connectivity index (χ0n) is 12.5. The van der Waals surface area contributed by atoms with Gasteiger partial charge in [0.25, 0.3) is 5.91 Å². The van der Waals surface area contributed by atoms with E-state index in [-0.39, 0.29) is 5.91 Å². The first kappa shape index (κ1) is 14.5. The molecule has 1 aromatic carbocycles. The van der Waals surface area contributed by atoms with Gasteiger partial charge in [0.15, 0.2) is 0 Å². The largest absolute Gasteiger partial charge is 0.350 e. The van der Waals surface area contributed by atoms with Gasteiger partial charge >= 0.3 is 0 Å². The number of piperidine rings is 1. The fraction of sp³-hybridized carbons (Fsp3) is 0.471. The summed E-state index contributed by atoms with van der Waals surface area (Å²) in [5.41, 5.74) is 0. The number of hydrogen-bond acceptors (Lipinski definition) is 3. The van der Waals surface area contributed by atoms with Crippen LogP contribution in [-0.4, -0.2) is 36.5 Å². The third kappa shape index (κ3) is 3.44. The molecule has 3 nitrogen and oxygen atoms in total. The molecule has 0 radical (unpaired) electrons. The second-order valence-corrected chi connectivity index (χ2v) is 6.89. The van der Waals surface area contributed by atoms with E-state index in [0.29, 0.717) is 6.04 Å². The van der Waals surface area contributed by atoms with Gasteiger partial charge in [0.05, 0.1) is 4.88 Å². The van der Waals surface area contributed by atoms with Crippen LogP contribution in [-0.2, 0) is 0 Å². The number of nitrogens with one attached hydrogen (secondary N) is 1. The monoisotopic (exact) mass is 302 g/mol. The first-order valence-electron chi connectivity index (χ1n) is 7.75. The van der Waals surface area contributed by atoms with Crippen molar-refractivity contribution in [3.63, 3.8) is 0 Å². The number of thiophene rings is 1. The topological polar surface area (TPSA) is 32.3 Å². The van der Waals surface area contributed by atoms with Crippen LogP contribution in [0, 0.1) is 0 Å². The quantitative estimate of drug-likeness (QED) is 0.937. The lowest BCUT2D eigenvalue weighted by Crippen LogP contribution is -2.44. The Labute approximate surface area is 130 Å². The lowest BCUT2D eigenvalue weighted by atomic mass is 10.1. The molecule has 1 aliphatic heterocycles. The van der Waals surface area contributed by atoms with Crippen molar-refractivity contribution in [2.24, 2.45) is 0 Å². The van der Waals surface area contributed by atoms with Crippen LogP contribution < -0.4 is 5.32 Å². The van der Waals surface area contributed by atoms with Crippen molar-refractivity contribution in [3.8, 4) is 0 Å². The Morgan fingerprint density at radius 1 is 1.29 bits per heavy atom. The second-order valence-electron chi connectivity index (χ2n) is 5.80. The molecule has 0 spiro atoms. The minimum atomic E-state index is 0.0556. The fourth-order valence-electron chi connectivity index (χ4n) is 2.91. The summed E-state index contributed by atoms with van der Waals surface area (Å²) in [7, 11) is 0. The van der Waals surface area contributed by atoms with Crippen LogP contribution in [0.25, 0.3) is 10.1 Å². The second kappa shape index (κ2) is 6.58. The van der Waals surface area contributed by atoms with Crippen LogP contribution in [0.1, 0.15) is 35.9 Å². The first-order chi connectivity index (χ1) is 10.2. The predicted molar refractivity (Wildman–Crippen MR) is 89.0 cm³/mol. The maximum absolute atomic E-state index is 12.3. The molecule has 1 N–H and O–H groups in total. The van der Waals surface area contributed by atoms with Gasteiger partial charge in [-0.05, 0) is 50.4 Å². The van der Waals surface area contributed by atoms with Gasteiger partial charge in [-0.1, -0.05) is 24.6 Å². The molecule has 1 saturated heterocycles. The molecule has 0 saturated carbocycles. The zero-order valence-corrected chi connectivity index (χ0v) is 13.3. The molecule has 1 aliphatic rings. The van der Waals surface area contributed by atoms with E-state index < -0.39 is 0 Å². The summed E-state index contributed by atoms with van der Waals surface area (Å²) in [6, 6.07) is 10.5. The van der Waals surface area contributed by atoms with Crippen LogP contribution in [0.4, 0.5) is 0 Å². The van der Waals surface area contributed by atoms with Crippen LogP contribution in [0.5, 0.6) is 0 Å². The number of hydrogen-bond donors (Lipinski definition) is 1. The third-order valence-corrected chi connectivity index (χ3v) is 5.34. The van der Waals surface area contributed by atoms with Crippen molar-refractivity contribution in [1.82, 2.24) is 10.2 Å². The van der Waals surface area contributed by atoms with Crippen molar-refractivity contribution in [1.29, 1.82) is 0 Å². The molecule has 0 bridgehead atoms. The number of amides is 1. The van der Waals surface area contributed by atoms with E-state index in [1.165, 1.54) is 37.1 Å². The number of fused-ring (bicyclic) bond motifs is 1. The lowest BCUT2D eigenvalue weighted by Gasteiger charge is -2.32. The molecular formula is C17H22N2OS. The molecule has 4 heteroatoms. The normalized spacial score (nSPS) is 17.8. The molecule has 1 atom stereocenters. The summed E-state index contributed by atoms with van der Waals surface area (Å²) in [5.74, 6) is 0.0556. The molecule has 2 aromatic rings. The van der Waals surface area contributed by atoms with E-state index in [4.69, 9.17) is 0 Å². The zero-order chi connectivity index (χ0) is 14.7. The van der Waals surface area contributed by atoms with Crippen LogP contribution >= 0.6 is 11.3 Å². The Balaban J connectivity index is 1.58. The van der Waals surface area contributed by atoms with E-state index >= 15 is 0 Å². The highest BCUT2D eigenvalue weighted by Crippen LogP contribution is 2.25. The Hall–Kier alpha value is -1.39. The average Bonchev–Trinajstić information content (AvgIpc) is 2.97. The van der Waals surface area contributed by atoms with E-state index in [1.54, 1.807) is 11.3 Å². The van der Waals surface area contributed by atoms with Crippen LogP contribution in [0.15, 0.2) is 30.3 Å². The van der Waals surface area contributed by atoms with Gasteiger partial charge in [-0.15, -0.1) is 11.3 Å². The Bertz CT molecular complexity index is 583. The predicted octanol–water partition coefficient (Wildman–Crippen LogP) is 3.51. The van der Waals surface area contributed by atoms with E-state index in [1.807, 2.05) is 18.2 Å². The number of carbonyl (C=O) groups excluding carboxylic acids is 1. The summed E-state index contributed by atoms with van der Waals surface area (Å²) >= 11 is 1.57. The highest BCUT2D eigenvalue weighted by Gasteiger charge is 2.18. The molecule has 3 rings (SSSR count). The van der Waals surface area contributed by atoms with Crippen LogP contribution in [0.3, 0.4) is 0 Å². The number of likely N-dealkylation sites (tertiary alicyclic amines) is 1. The molecule has 2 heterocycles. The highest BCUT2D eigenvalue weighted by molar-refractivity contribution is 7.20. The maximum Gasteiger partial charge on any atom is 0.261 e. The Morgan fingerprint density at radius 2 is 2.05 bits per heavy atom. The molecule has 0 aliphatic carbocycles. The molecule has 21 heavy (non-hydrogen) atoms. The van der Waals surface area contributed by atoms with E-state index in [0.717, 1.165) is 16.8 Å². The molecule has 1 unspecified atom stereocenters. The smallest absolute Gasteiger partial charge is 0.261 e. The van der Waals surface area contributed by atoms with Crippen molar-refractivity contribution < 1.29 is 4.79 Å². The Morgan fingerprint density at radius 3 is 2.81 bits per heavy atom. The van der Waals surface area contributed by atoms with Gasteiger partial charge in [0.2, 0.25) is 0 Å². The third-order valence-electron chi connectivity index (χ3n) is 4.22. The van der Waals surface area contributed by atoms with Gasteiger partial charge in [-0.3, -0.25) is 9.69 Å². The summed E-state index contributed by atoms with van der Waals surface area (Å²) in [6.45, 7) is 5.27. The lowest BCUT2D eigenvalue weighted by molar-refractivity contribution is 0.0934. The first-order valence-corrected chi connectivity index (χ1v) is 8.56. The minimum Gasteiger partial charge on any atom is -0.350 e. The number of carbonyl (C=O) groups is 1. The molecular weight excluding hydrogens is 280 g/mol. The summed E-state index contributed by atoms with van der Waals surface area (Å²) in [5, 5.41) is 4.24. The van der Waals surface area contributed by atoms with Gasteiger partial charge in [0.1, 0.15) is 0 Å². The number of rotatable bonds is 4. The van der Waals surface area contributed by atoms with Crippen molar-refractivity contribution >= 4 is 27.3 Å². The van der Waals surface area contributed by atoms with Gasteiger partial charge in [0, 0.05) is 17.3 Å². The molecule has 112 valence electrons. The summed E-state index contributed by atoms with van der Waals surface area (Å²) in [4.78, 5) is 15.6. The van der Waals surface area contributed by atoms with Crippen molar-refractivity contribution in [3.05, 3.63) is 35.2 Å². The van der Waals surface area contributed by atoms with Crippen molar-refractivity contribution in [2.75, 3.05) is 19.6 Å². The molecule has 1 aromatic heterocycles. The molecule has 1 fully saturated rings. The van der Waals surface area contributed by atoms with Crippen molar-refractivity contribution in [2.45, 2.75) is 32.2 Å². The van der Waals surface area contributed by atoms with E-state index in [9.17, 15) is 4.79 Å². The maximum atomic E-state index is 12.3. The standard InChI is InChI=1S/C17H22N2OS/c1-13(19-9-5-2-6-10-19)12-18-17(20)16-11-14-7-3-4-8-15(14)21-16/h3-4,7-8,11,13H,2,5-6,9-10,12H2,1H3,(H,18,20). The minimum absolute atomic E-state index is 0.0556. The summed E-state index contributed by atoms with van der Waals surface area (Å²) < 4.78 is 1.17.